The highest BCUT2D eigenvalue weighted by atomic mass is 32.2. The molecule has 0 atom stereocenters. The lowest BCUT2D eigenvalue weighted by Gasteiger charge is -2.32. The first-order valence-electron chi connectivity index (χ1n) is 7.41. The van der Waals surface area contributed by atoms with Gasteiger partial charge in [-0.3, -0.25) is 0 Å². The second-order valence-electron chi connectivity index (χ2n) is 7.44. The lowest BCUT2D eigenvalue weighted by Crippen LogP contribution is -2.41. The SMILES string of the molecule is CC1(C)CSc2cc(B3OC(C)(C)C(C)(C)O3)ccc2O1. The van der Waals surface area contributed by atoms with Crippen LogP contribution in [0.1, 0.15) is 41.5 Å². The van der Waals surface area contributed by atoms with Crippen molar-refractivity contribution in [1.29, 1.82) is 0 Å². The highest BCUT2D eigenvalue weighted by molar-refractivity contribution is 7.99. The standard InChI is InChI=1S/C16H23BO3S/c1-14(2)10-21-13-9-11(7-8-12(13)18-14)17-19-15(3,4)16(5,6)20-17/h7-9H,10H2,1-6H3. The molecule has 114 valence electrons. The molecular formula is C16H23BO3S. The van der Waals surface area contributed by atoms with E-state index < -0.39 is 0 Å². The summed E-state index contributed by atoms with van der Waals surface area (Å²) in [5.74, 6) is 1.91. The summed E-state index contributed by atoms with van der Waals surface area (Å²) in [5, 5.41) is 0. The predicted octanol–water partition coefficient (Wildman–Crippen LogP) is 3.25. The Morgan fingerprint density at radius 2 is 1.62 bits per heavy atom. The van der Waals surface area contributed by atoms with Crippen molar-refractivity contribution in [3.63, 3.8) is 0 Å². The molecule has 0 aromatic heterocycles. The molecule has 2 heterocycles. The number of hydrogen-bond acceptors (Lipinski definition) is 4. The van der Waals surface area contributed by atoms with Crippen molar-refractivity contribution in [2.24, 2.45) is 0 Å². The van der Waals surface area contributed by atoms with Gasteiger partial charge in [0.1, 0.15) is 11.4 Å². The average molecular weight is 306 g/mol. The van der Waals surface area contributed by atoms with Crippen LogP contribution in [-0.4, -0.2) is 29.7 Å². The first kappa shape index (κ1) is 15.3. The summed E-state index contributed by atoms with van der Waals surface area (Å²) < 4.78 is 18.2. The predicted molar refractivity (Wildman–Crippen MR) is 87.6 cm³/mol. The van der Waals surface area contributed by atoms with Gasteiger partial charge in [-0.25, -0.2) is 0 Å². The third-order valence-corrected chi connectivity index (χ3v) is 5.92. The van der Waals surface area contributed by atoms with Gasteiger partial charge in [0, 0.05) is 10.6 Å². The van der Waals surface area contributed by atoms with E-state index in [0.29, 0.717) is 0 Å². The van der Waals surface area contributed by atoms with E-state index >= 15 is 0 Å². The molecule has 0 unspecified atom stereocenters. The van der Waals surface area contributed by atoms with Crippen molar-refractivity contribution < 1.29 is 14.0 Å². The third-order valence-electron chi connectivity index (χ3n) is 4.45. The lowest BCUT2D eigenvalue weighted by molar-refractivity contribution is 0.00578. The van der Waals surface area contributed by atoms with Crippen molar-refractivity contribution in [1.82, 2.24) is 0 Å². The fraction of sp³-hybridized carbons (Fsp3) is 0.625. The number of fused-ring (bicyclic) bond motifs is 1. The van der Waals surface area contributed by atoms with Crippen LogP contribution >= 0.6 is 11.8 Å². The smallest absolute Gasteiger partial charge is 0.486 e. The Morgan fingerprint density at radius 1 is 1.00 bits per heavy atom. The second kappa shape index (κ2) is 4.67. The molecule has 0 bridgehead atoms. The molecule has 5 heteroatoms. The van der Waals surface area contributed by atoms with E-state index in [-0.39, 0.29) is 23.9 Å². The summed E-state index contributed by atoms with van der Waals surface area (Å²) in [6.45, 7) is 12.5. The Morgan fingerprint density at radius 3 is 2.24 bits per heavy atom. The Balaban J connectivity index is 1.86. The van der Waals surface area contributed by atoms with Crippen molar-refractivity contribution in [3.8, 4) is 5.75 Å². The maximum atomic E-state index is 6.11. The molecule has 1 aromatic rings. The Bertz CT molecular complexity index is 553. The molecule has 0 aliphatic carbocycles. The first-order valence-corrected chi connectivity index (χ1v) is 8.40. The molecule has 0 saturated carbocycles. The minimum absolute atomic E-state index is 0.108. The summed E-state index contributed by atoms with van der Waals surface area (Å²) in [5.41, 5.74) is 0.338. The number of ether oxygens (including phenoxy) is 1. The zero-order chi connectivity index (χ0) is 15.5. The van der Waals surface area contributed by atoms with Crippen LogP contribution in [-0.2, 0) is 9.31 Å². The largest absolute Gasteiger partial charge is 0.494 e. The molecule has 0 radical (unpaired) electrons. The van der Waals surface area contributed by atoms with Crippen LogP contribution in [0.15, 0.2) is 23.1 Å². The van der Waals surface area contributed by atoms with Gasteiger partial charge in [-0.1, -0.05) is 6.07 Å². The van der Waals surface area contributed by atoms with Gasteiger partial charge in [0.2, 0.25) is 0 Å². The van der Waals surface area contributed by atoms with Crippen LogP contribution in [0, 0.1) is 0 Å². The molecule has 2 aliphatic heterocycles. The first-order chi connectivity index (χ1) is 9.60. The molecule has 1 saturated heterocycles. The van der Waals surface area contributed by atoms with Gasteiger partial charge in [0.25, 0.3) is 0 Å². The second-order valence-corrected chi connectivity index (χ2v) is 8.46. The van der Waals surface area contributed by atoms with E-state index in [1.54, 1.807) is 0 Å². The molecule has 21 heavy (non-hydrogen) atoms. The van der Waals surface area contributed by atoms with E-state index in [1.807, 2.05) is 23.9 Å². The highest BCUT2D eigenvalue weighted by Crippen LogP contribution is 2.40. The summed E-state index contributed by atoms with van der Waals surface area (Å²) >= 11 is 1.83. The van der Waals surface area contributed by atoms with E-state index in [4.69, 9.17) is 14.0 Å². The van der Waals surface area contributed by atoms with Gasteiger partial charge in [-0.15, -0.1) is 11.8 Å². The molecule has 3 nitrogen and oxygen atoms in total. The quantitative estimate of drug-likeness (QED) is 0.745. The molecule has 0 spiro atoms. The highest BCUT2D eigenvalue weighted by Gasteiger charge is 2.51. The topological polar surface area (TPSA) is 27.7 Å². The van der Waals surface area contributed by atoms with Crippen molar-refractivity contribution in [2.45, 2.75) is 63.2 Å². The van der Waals surface area contributed by atoms with E-state index in [1.165, 1.54) is 4.90 Å². The summed E-state index contributed by atoms with van der Waals surface area (Å²) in [6.07, 6.45) is 0. The van der Waals surface area contributed by atoms with Gasteiger partial charge in [0.05, 0.1) is 11.2 Å². The van der Waals surface area contributed by atoms with Gasteiger partial charge >= 0.3 is 7.12 Å². The van der Waals surface area contributed by atoms with E-state index in [9.17, 15) is 0 Å². The van der Waals surface area contributed by atoms with E-state index in [0.717, 1.165) is 17.0 Å². The summed E-state index contributed by atoms with van der Waals surface area (Å²) in [7, 11) is -0.309. The lowest BCUT2D eigenvalue weighted by atomic mass is 9.79. The fourth-order valence-corrected chi connectivity index (χ4v) is 3.46. The molecular weight excluding hydrogens is 283 g/mol. The van der Waals surface area contributed by atoms with Gasteiger partial charge in [0.15, 0.2) is 0 Å². The maximum absolute atomic E-state index is 6.11. The van der Waals surface area contributed by atoms with Crippen LogP contribution in [0.5, 0.6) is 5.75 Å². The maximum Gasteiger partial charge on any atom is 0.494 e. The Labute approximate surface area is 131 Å². The van der Waals surface area contributed by atoms with E-state index in [2.05, 4.69) is 47.6 Å². The summed E-state index contributed by atoms with van der Waals surface area (Å²) in [4.78, 5) is 1.17. The van der Waals surface area contributed by atoms with Crippen LogP contribution in [0.4, 0.5) is 0 Å². The molecule has 3 rings (SSSR count). The molecule has 0 amide bonds. The number of hydrogen-bond donors (Lipinski definition) is 0. The monoisotopic (exact) mass is 306 g/mol. The van der Waals surface area contributed by atoms with Crippen molar-refractivity contribution in [3.05, 3.63) is 18.2 Å². The third kappa shape index (κ3) is 2.71. The fourth-order valence-electron chi connectivity index (χ4n) is 2.43. The van der Waals surface area contributed by atoms with Crippen LogP contribution in [0.2, 0.25) is 0 Å². The zero-order valence-electron chi connectivity index (χ0n) is 13.6. The zero-order valence-corrected chi connectivity index (χ0v) is 14.5. The van der Waals surface area contributed by atoms with Crippen molar-refractivity contribution >= 4 is 24.3 Å². The van der Waals surface area contributed by atoms with Crippen LogP contribution in [0.3, 0.4) is 0 Å². The number of thioether (sulfide) groups is 1. The molecule has 1 fully saturated rings. The Kier molecular flexibility index (Phi) is 3.40. The minimum atomic E-state index is -0.309. The van der Waals surface area contributed by atoms with Gasteiger partial charge in [-0.2, -0.15) is 0 Å². The average Bonchev–Trinajstić information content (AvgIpc) is 2.57. The van der Waals surface area contributed by atoms with Crippen LogP contribution in [0.25, 0.3) is 0 Å². The van der Waals surface area contributed by atoms with Gasteiger partial charge < -0.3 is 14.0 Å². The summed E-state index contributed by atoms with van der Waals surface area (Å²) in [6, 6.07) is 6.21. The number of rotatable bonds is 1. The molecule has 1 aromatic carbocycles. The number of benzene rings is 1. The van der Waals surface area contributed by atoms with Gasteiger partial charge in [-0.05, 0) is 59.1 Å². The van der Waals surface area contributed by atoms with Crippen LogP contribution < -0.4 is 10.2 Å². The molecule has 2 aliphatic rings. The normalized spacial score (nSPS) is 25.3. The van der Waals surface area contributed by atoms with Crippen molar-refractivity contribution in [2.75, 3.05) is 5.75 Å². The minimum Gasteiger partial charge on any atom is -0.486 e. The molecule has 0 N–H and O–H groups in total. The Hall–Kier alpha value is -0.645.